The normalized spacial score (nSPS) is 27.6. The Balaban J connectivity index is 2.21. The van der Waals surface area contributed by atoms with Crippen molar-refractivity contribution in [2.75, 3.05) is 19.5 Å². The minimum atomic E-state index is -0.877. The van der Waals surface area contributed by atoms with E-state index in [1.54, 1.807) is 0 Å². The van der Waals surface area contributed by atoms with E-state index in [2.05, 4.69) is 4.74 Å². The molecule has 0 aliphatic carbocycles. The lowest BCUT2D eigenvalue weighted by Gasteiger charge is -2.13. The summed E-state index contributed by atoms with van der Waals surface area (Å²) < 4.78 is 21.7. The van der Waals surface area contributed by atoms with Gasteiger partial charge in [-0.2, -0.15) is 0 Å². The Bertz CT molecular complexity index is 242. The summed E-state index contributed by atoms with van der Waals surface area (Å²) in [5, 5.41) is 0.141. The Morgan fingerprint density at radius 2 is 2.33 bits per heavy atom. The zero-order valence-corrected chi connectivity index (χ0v) is 10.0. The fourth-order valence-electron chi connectivity index (χ4n) is 1.67. The summed E-state index contributed by atoms with van der Waals surface area (Å²) in [6.45, 7) is 2.66. The molecule has 1 saturated heterocycles. The van der Waals surface area contributed by atoms with E-state index in [-0.39, 0.29) is 17.3 Å². The van der Waals surface area contributed by atoms with Gasteiger partial charge in [0.2, 0.25) is 0 Å². The molecule has 1 rings (SSSR count). The molecule has 0 aromatic rings. The molecule has 3 atom stereocenters. The lowest BCUT2D eigenvalue weighted by molar-refractivity contribution is -0.140. The third kappa shape index (κ3) is 3.91. The maximum Gasteiger partial charge on any atom is 0.305 e. The number of rotatable bonds is 5. The summed E-state index contributed by atoms with van der Waals surface area (Å²) in [4.78, 5) is 10.8. The van der Waals surface area contributed by atoms with E-state index in [4.69, 9.17) is 4.74 Å². The first kappa shape index (κ1) is 12.6. The standard InChI is InChI=1S/C10H18O4S/c1-8-9(5-6-14-8)15(12)7-3-4-10(11)13-2/h8-9H,3-7H2,1-2H3. The molecule has 0 aromatic carbocycles. The maximum absolute atomic E-state index is 11.8. The molecule has 0 aromatic heterocycles. The number of carbonyl (C=O) groups is 1. The molecule has 0 N–H and O–H groups in total. The van der Waals surface area contributed by atoms with Crippen LogP contribution in [0, 0.1) is 0 Å². The lowest BCUT2D eigenvalue weighted by Crippen LogP contribution is -2.25. The molecule has 1 fully saturated rings. The summed E-state index contributed by atoms with van der Waals surface area (Å²) in [5.41, 5.74) is 0. The van der Waals surface area contributed by atoms with Gasteiger partial charge in [0.25, 0.3) is 0 Å². The zero-order valence-electron chi connectivity index (χ0n) is 9.23. The number of hydrogen-bond acceptors (Lipinski definition) is 4. The minimum absolute atomic E-state index is 0.0870. The minimum Gasteiger partial charge on any atom is -0.469 e. The van der Waals surface area contributed by atoms with E-state index in [1.165, 1.54) is 7.11 Å². The molecule has 1 aliphatic heterocycles. The highest BCUT2D eigenvalue weighted by atomic mass is 32.2. The molecular formula is C10H18O4S. The topological polar surface area (TPSA) is 52.6 Å². The van der Waals surface area contributed by atoms with Crippen LogP contribution in [0.3, 0.4) is 0 Å². The van der Waals surface area contributed by atoms with Gasteiger partial charge in [-0.15, -0.1) is 0 Å². The van der Waals surface area contributed by atoms with Crippen LogP contribution in [0.1, 0.15) is 26.2 Å². The molecule has 0 saturated carbocycles. The molecule has 0 bridgehead atoms. The Kier molecular flexibility index (Phi) is 5.25. The summed E-state index contributed by atoms with van der Waals surface area (Å²) in [7, 11) is 0.491. The Morgan fingerprint density at radius 1 is 1.60 bits per heavy atom. The second kappa shape index (κ2) is 6.23. The van der Waals surface area contributed by atoms with Crippen molar-refractivity contribution in [3.05, 3.63) is 0 Å². The van der Waals surface area contributed by atoms with Crippen LogP contribution in [0.25, 0.3) is 0 Å². The Labute approximate surface area is 92.8 Å². The van der Waals surface area contributed by atoms with E-state index in [1.807, 2.05) is 6.92 Å². The van der Waals surface area contributed by atoms with Gasteiger partial charge in [-0.25, -0.2) is 0 Å². The number of carbonyl (C=O) groups excluding carboxylic acids is 1. The average Bonchev–Trinajstić information content (AvgIpc) is 2.64. The van der Waals surface area contributed by atoms with Crippen molar-refractivity contribution in [2.45, 2.75) is 37.5 Å². The highest BCUT2D eigenvalue weighted by Gasteiger charge is 2.29. The van der Waals surface area contributed by atoms with Gasteiger partial charge in [-0.1, -0.05) is 0 Å². The smallest absolute Gasteiger partial charge is 0.305 e. The van der Waals surface area contributed by atoms with Gasteiger partial charge < -0.3 is 9.47 Å². The van der Waals surface area contributed by atoms with Crippen molar-refractivity contribution in [2.24, 2.45) is 0 Å². The molecule has 4 nitrogen and oxygen atoms in total. The van der Waals surface area contributed by atoms with Crippen molar-refractivity contribution in [3.8, 4) is 0 Å². The lowest BCUT2D eigenvalue weighted by atomic mass is 10.3. The largest absolute Gasteiger partial charge is 0.469 e. The molecule has 15 heavy (non-hydrogen) atoms. The monoisotopic (exact) mass is 234 g/mol. The van der Waals surface area contributed by atoms with Crippen LogP contribution in [0.2, 0.25) is 0 Å². The molecular weight excluding hydrogens is 216 g/mol. The van der Waals surface area contributed by atoms with Crippen LogP contribution < -0.4 is 0 Å². The van der Waals surface area contributed by atoms with E-state index >= 15 is 0 Å². The Morgan fingerprint density at radius 3 is 2.87 bits per heavy atom. The molecule has 1 heterocycles. The fraction of sp³-hybridized carbons (Fsp3) is 0.900. The molecule has 0 amide bonds. The third-order valence-corrected chi connectivity index (χ3v) is 4.58. The average molecular weight is 234 g/mol. The van der Waals surface area contributed by atoms with Gasteiger partial charge in [0, 0.05) is 29.6 Å². The summed E-state index contributed by atoms with van der Waals surface area (Å²) in [5.74, 6) is 0.329. The van der Waals surface area contributed by atoms with Crippen molar-refractivity contribution >= 4 is 16.8 Å². The van der Waals surface area contributed by atoms with Crippen molar-refractivity contribution < 1.29 is 18.5 Å². The van der Waals surface area contributed by atoms with Crippen molar-refractivity contribution in [3.63, 3.8) is 0 Å². The molecule has 0 radical (unpaired) electrons. The van der Waals surface area contributed by atoms with Gasteiger partial charge in [0.05, 0.1) is 18.5 Å². The van der Waals surface area contributed by atoms with Gasteiger partial charge in [0.15, 0.2) is 0 Å². The van der Waals surface area contributed by atoms with Crippen LogP contribution in [0.5, 0.6) is 0 Å². The second-order valence-corrected chi connectivity index (χ2v) is 5.44. The van der Waals surface area contributed by atoms with Gasteiger partial charge in [-0.3, -0.25) is 9.00 Å². The quantitative estimate of drug-likeness (QED) is 0.662. The molecule has 0 spiro atoms. The summed E-state index contributed by atoms with van der Waals surface area (Å²) in [6.07, 6.45) is 1.93. The first-order valence-corrected chi connectivity index (χ1v) is 6.59. The summed E-state index contributed by atoms with van der Waals surface area (Å²) in [6, 6.07) is 0. The maximum atomic E-state index is 11.8. The highest BCUT2D eigenvalue weighted by Crippen LogP contribution is 2.19. The number of esters is 1. The van der Waals surface area contributed by atoms with Crippen LogP contribution >= 0.6 is 0 Å². The van der Waals surface area contributed by atoms with Crippen LogP contribution in [-0.4, -0.2) is 41.0 Å². The zero-order chi connectivity index (χ0) is 11.3. The highest BCUT2D eigenvalue weighted by molar-refractivity contribution is 7.85. The summed E-state index contributed by atoms with van der Waals surface area (Å²) >= 11 is 0. The van der Waals surface area contributed by atoms with Crippen LogP contribution in [0.4, 0.5) is 0 Å². The van der Waals surface area contributed by atoms with Crippen LogP contribution in [-0.2, 0) is 25.1 Å². The van der Waals surface area contributed by atoms with Gasteiger partial charge in [-0.05, 0) is 19.8 Å². The molecule has 1 aliphatic rings. The van der Waals surface area contributed by atoms with Crippen LogP contribution in [0.15, 0.2) is 0 Å². The number of ether oxygens (including phenoxy) is 2. The predicted molar refractivity (Wildman–Crippen MR) is 58.1 cm³/mol. The first-order valence-electron chi connectivity index (χ1n) is 5.20. The second-order valence-electron chi connectivity index (χ2n) is 3.67. The number of hydrogen-bond donors (Lipinski definition) is 0. The molecule has 3 unspecified atom stereocenters. The Hall–Kier alpha value is -0.420. The van der Waals surface area contributed by atoms with Gasteiger partial charge >= 0.3 is 5.97 Å². The third-order valence-electron chi connectivity index (χ3n) is 2.60. The molecule has 5 heteroatoms. The number of methoxy groups -OCH3 is 1. The van der Waals surface area contributed by atoms with Crippen molar-refractivity contribution in [1.29, 1.82) is 0 Å². The SMILES string of the molecule is COC(=O)CCCS(=O)C1CCOC1C. The predicted octanol–water partition coefficient (Wildman–Crippen LogP) is 0.866. The van der Waals surface area contributed by atoms with E-state index < -0.39 is 10.8 Å². The van der Waals surface area contributed by atoms with Gasteiger partial charge in [0.1, 0.15) is 0 Å². The van der Waals surface area contributed by atoms with E-state index in [0.717, 1.165) is 6.42 Å². The van der Waals surface area contributed by atoms with E-state index in [9.17, 15) is 9.00 Å². The van der Waals surface area contributed by atoms with E-state index in [0.29, 0.717) is 25.2 Å². The molecule has 88 valence electrons. The first-order chi connectivity index (χ1) is 7.15. The van der Waals surface area contributed by atoms with Crippen molar-refractivity contribution in [1.82, 2.24) is 0 Å². The fourth-order valence-corrected chi connectivity index (χ4v) is 3.27.